The van der Waals surface area contributed by atoms with E-state index in [4.69, 9.17) is 4.98 Å². The van der Waals surface area contributed by atoms with Crippen LogP contribution in [0.2, 0.25) is 0 Å². The molecule has 4 atom stereocenters. The summed E-state index contributed by atoms with van der Waals surface area (Å²) in [5.74, 6) is 3.51. The first-order valence-electron chi connectivity index (χ1n) is 8.70. The van der Waals surface area contributed by atoms with Crippen molar-refractivity contribution in [2.24, 2.45) is 11.8 Å². The summed E-state index contributed by atoms with van der Waals surface area (Å²) >= 11 is 0. The van der Waals surface area contributed by atoms with Crippen LogP contribution in [0.15, 0.2) is 42.6 Å². The highest BCUT2D eigenvalue weighted by atomic mass is 14.7. The van der Waals surface area contributed by atoms with Crippen molar-refractivity contribution in [1.29, 1.82) is 0 Å². The second kappa shape index (κ2) is 3.90. The summed E-state index contributed by atoms with van der Waals surface area (Å²) in [4.78, 5) is 4.92. The van der Waals surface area contributed by atoms with E-state index in [0.29, 0.717) is 0 Å². The molecule has 3 fully saturated rings. The Morgan fingerprint density at radius 1 is 0.818 bits per heavy atom. The van der Waals surface area contributed by atoms with Gasteiger partial charge in [-0.25, -0.2) is 0 Å². The van der Waals surface area contributed by atoms with Crippen LogP contribution in [-0.2, 0) is 0 Å². The van der Waals surface area contributed by atoms with Crippen molar-refractivity contribution in [1.82, 2.24) is 4.98 Å². The standard InChI is InChI=1S/C21H19N/c1-2-4-15-12(3-1)7-8-16-20-18-10-13-5-6-14(18)9-17(13)19(20)11-22-21(15)16/h1-4,7-8,11,13-14,17-18H,5-6,9-10H2. The number of pyridine rings is 1. The average molecular weight is 285 g/mol. The summed E-state index contributed by atoms with van der Waals surface area (Å²) in [5, 5.41) is 4.07. The Bertz CT molecular complexity index is 926. The number of hydrogen-bond donors (Lipinski definition) is 0. The smallest absolute Gasteiger partial charge is 0.0783 e. The predicted molar refractivity (Wildman–Crippen MR) is 90.2 cm³/mol. The molecule has 2 aromatic carbocycles. The molecule has 8 rings (SSSR count). The van der Waals surface area contributed by atoms with E-state index >= 15 is 0 Å². The molecule has 3 aromatic rings. The third kappa shape index (κ3) is 1.29. The van der Waals surface area contributed by atoms with Gasteiger partial charge in [-0.1, -0.05) is 36.4 Å². The average Bonchev–Trinajstić information content (AvgIpc) is 2.61. The van der Waals surface area contributed by atoms with Gasteiger partial charge in [0.05, 0.1) is 5.52 Å². The molecule has 22 heavy (non-hydrogen) atoms. The van der Waals surface area contributed by atoms with Gasteiger partial charge < -0.3 is 0 Å². The fourth-order valence-electron chi connectivity index (χ4n) is 5.85. The first kappa shape index (κ1) is 11.6. The van der Waals surface area contributed by atoms with Gasteiger partial charge in [0.1, 0.15) is 0 Å². The Morgan fingerprint density at radius 2 is 1.64 bits per heavy atom. The quantitative estimate of drug-likeness (QED) is 0.505. The number of rotatable bonds is 0. The highest BCUT2D eigenvalue weighted by Crippen LogP contribution is 2.62. The molecule has 5 aliphatic carbocycles. The molecule has 0 radical (unpaired) electrons. The minimum atomic E-state index is 0.808. The Balaban J connectivity index is 1.73. The van der Waals surface area contributed by atoms with Crippen LogP contribution in [0.5, 0.6) is 0 Å². The lowest BCUT2D eigenvalue weighted by Crippen LogP contribution is -2.40. The van der Waals surface area contributed by atoms with E-state index in [1.54, 1.807) is 11.1 Å². The molecule has 4 bridgehead atoms. The van der Waals surface area contributed by atoms with Gasteiger partial charge in [0.2, 0.25) is 0 Å². The van der Waals surface area contributed by atoms with Crippen molar-refractivity contribution in [2.45, 2.75) is 37.5 Å². The monoisotopic (exact) mass is 285 g/mol. The summed E-state index contributed by atoms with van der Waals surface area (Å²) < 4.78 is 0. The highest BCUT2D eigenvalue weighted by Gasteiger charge is 2.49. The van der Waals surface area contributed by atoms with Gasteiger partial charge in [0.15, 0.2) is 0 Å². The molecular weight excluding hydrogens is 266 g/mol. The summed E-state index contributed by atoms with van der Waals surface area (Å²) in [5.41, 5.74) is 4.49. The van der Waals surface area contributed by atoms with Crippen LogP contribution in [0.3, 0.4) is 0 Å². The van der Waals surface area contributed by atoms with E-state index in [9.17, 15) is 0 Å². The van der Waals surface area contributed by atoms with Crippen LogP contribution in [0, 0.1) is 11.8 Å². The molecule has 3 saturated carbocycles. The van der Waals surface area contributed by atoms with Crippen LogP contribution in [0.4, 0.5) is 0 Å². The Morgan fingerprint density at radius 3 is 2.50 bits per heavy atom. The molecule has 108 valence electrons. The zero-order valence-corrected chi connectivity index (χ0v) is 12.6. The molecule has 5 aliphatic rings. The zero-order chi connectivity index (χ0) is 14.3. The van der Waals surface area contributed by atoms with Gasteiger partial charge in [-0.2, -0.15) is 0 Å². The van der Waals surface area contributed by atoms with Gasteiger partial charge in [-0.05, 0) is 65.9 Å². The molecule has 1 aromatic heterocycles. The Labute approximate surface area is 130 Å². The van der Waals surface area contributed by atoms with Crippen molar-refractivity contribution in [2.75, 3.05) is 0 Å². The molecule has 4 unspecified atom stereocenters. The van der Waals surface area contributed by atoms with Gasteiger partial charge in [-0.3, -0.25) is 4.98 Å². The lowest BCUT2D eigenvalue weighted by Gasteiger charge is -2.53. The topological polar surface area (TPSA) is 12.9 Å². The lowest BCUT2D eigenvalue weighted by atomic mass is 9.51. The largest absolute Gasteiger partial charge is 0.255 e. The van der Waals surface area contributed by atoms with Gasteiger partial charge in [0, 0.05) is 17.0 Å². The summed E-state index contributed by atoms with van der Waals surface area (Å²) in [6.45, 7) is 0. The minimum Gasteiger partial charge on any atom is -0.255 e. The molecule has 0 aliphatic heterocycles. The summed E-state index contributed by atoms with van der Waals surface area (Å²) in [6, 6.07) is 13.3. The van der Waals surface area contributed by atoms with Crippen LogP contribution < -0.4 is 0 Å². The number of benzene rings is 2. The molecule has 0 spiro atoms. The third-order valence-corrected chi connectivity index (χ3v) is 6.76. The van der Waals surface area contributed by atoms with Crippen LogP contribution in [0.25, 0.3) is 21.7 Å². The first-order chi connectivity index (χ1) is 10.9. The Hall–Kier alpha value is -1.89. The van der Waals surface area contributed by atoms with Crippen LogP contribution >= 0.6 is 0 Å². The molecule has 0 N–H and O–H groups in total. The summed E-state index contributed by atoms with van der Waals surface area (Å²) in [7, 11) is 0. The third-order valence-electron chi connectivity index (χ3n) is 6.76. The number of nitrogens with zero attached hydrogens (tertiary/aromatic N) is 1. The van der Waals surface area contributed by atoms with E-state index in [0.717, 1.165) is 23.7 Å². The van der Waals surface area contributed by atoms with Crippen molar-refractivity contribution >= 4 is 21.7 Å². The van der Waals surface area contributed by atoms with Crippen molar-refractivity contribution < 1.29 is 0 Å². The summed E-state index contributed by atoms with van der Waals surface area (Å²) in [6.07, 6.45) is 8.02. The molecule has 0 amide bonds. The predicted octanol–water partition coefficient (Wildman–Crippen LogP) is 5.39. The van der Waals surface area contributed by atoms with Gasteiger partial charge in [0.25, 0.3) is 0 Å². The van der Waals surface area contributed by atoms with E-state index in [1.807, 2.05) is 0 Å². The molecule has 1 heterocycles. The molecule has 0 saturated heterocycles. The SMILES string of the molecule is c1ccc2c(c1)ccc1c3c(cnc12)C1CC2CCC1CC32. The number of fused-ring (bicyclic) bond motifs is 4. The molecular formula is C21H19N. The van der Waals surface area contributed by atoms with E-state index in [-0.39, 0.29) is 0 Å². The van der Waals surface area contributed by atoms with E-state index in [1.165, 1.54) is 47.4 Å². The maximum absolute atomic E-state index is 4.92. The number of aromatic nitrogens is 1. The fraction of sp³-hybridized carbons (Fsp3) is 0.381. The van der Waals surface area contributed by atoms with Crippen LogP contribution in [-0.4, -0.2) is 4.98 Å². The first-order valence-corrected chi connectivity index (χ1v) is 8.70. The Kier molecular flexibility index (Phi) is 2.06. The number of hydrogen-bond acceptors (Lipinski definition) is 1. The van der Waals surface area contributed by atoms with Gasteiger partial charge in [-0.15, -0.1) is 0 Å². The fourth-order valence-corrected chi connectivity index (χ4v) is 5.85. The van der Waals surface area contributed by atoms with E-state index in [2.05, 4.69) is 42.6 Å². The van der Waals surface area contributed by atoms with Crippen LogP contribution in [0.1, 0.15) is 48.6 Å². The highest BCUT2D eigenvalue weighted by molar-refractivity contribution is 6.06. The zero-order valence-electron chi connectivity index (χ0n) is 12.6. The van der Waals surface area contributed by atoms with E-state index < -0.39 is 0 Å². The van der Waals surface area contributed by atoms with Crippen molar-refractivity contribution in [3.8, 4) is 0 Å². The van der Waals surface area contributed by atoms with Crippen molar-refractivity contribution in [3.05, 3.63) is 53.7 Å². The van der Waals surface area contributed by atoms with Crippen molar-refractivity contribution in [3.63, 3.8) is 0 Å². The molecule has 1 heteroatoms. The maximum atomic E-state index is 4.92. The lowest BCUT2D eigenvalue weighted by molar-refractivity contribution is 0.0969. The minimum absolute atomic E-state index is 0.808. The molecule has 1 nitrogen and oxygen atoms in total. The maximum Gasteiger partial charge on any atom is 0.0783 e. The normalized spacial score (nSPS) is 31.8. The van der Waals surface area contributed by atoms with Gasteiger partial charge >= 0.3 is 0 Å². The second-order valence-electron chi connectivity index (χ2n) is 7.59. The second-order valence-corrected chi connectivity index (χ2v) is 7.59.